The molecule has 1 amide bonds. The fraction of sp³-hybridized carbons (Fsp3) is 0.192. The molecule has 0 aliphatic rings. The van der Waals surface area contributed by atoms with E-state index in [1.807, 2.05) is 75.4 Å². The molecule has 0 spiro atoms. The molecule has 3 N–H and O–H groups in total. The number of fused-ring (bicyclic) bond motifs is 1. The van der Waals surface area contributed by atoms with E-state index < -0.39 is 5.91 Å². The molecule has 0 aliphatic carbocycles. The number of aryl methyl sites for hydroxylation is 1. The van der Waals surface area contributed by atoms with Gasteiger partial charge in [-0.1, -0.05) is 36.4 Å². The number of carbonyl (C=O) groups excluding carboxylic acids is 1. The standard InChI is InChI=1S/C26H26N4O2/c1-16(2)29-26-28-14-20-12-22(21-11-19(25(27)31)10-9-17(21)3)24(13-23(20)30-26)32-15-18-7-5-4-6-8-18/h4-14,16H,15H2,1-3H3,(H2,27,31)(H,28,29,30). The van der Waals surface area contributed by atoms with Gasteiger partial charge in [-0.3, -0.25) is 4.79 Å². The smallest absolute Gasteiger partial charge is 0.248 e. The van der Waals surface area contributed by atoms with E-state index >= 15 is 0 Å². The summed E-state index contributed by atoms with van der Waals surface area (Å²) in [6.07, 6.45) is 1.80. The molecule has 32 heavy (non-hydrogen) atoms. The van der Waals surface area contributed by atoms with Crippen LogP contribution < -0.4 is 15.8 Å². The predicted octanol–water partition coefficient (Wildman–Crippen LogP) is 5.10. The van der Waals surface area contributed by atoms with Gasteiger partial charge in [-0.15, -0.1) is 0 Å². The Labute approximate surface area is 187 Å². The third-order valence-electron chi connectivity index (χ3n) is 5.15. The van der Waals surface area contributed by atoms with Crippen molar-refractivity contribution in [1.29, 1.82) is 0 Å². The first-order valence-electron chi connectivity index (χ1n) is 10.6. The Balaban J connectivity index is 1.83. The van der Waals surface area contributed by atoms with Gasteiger partial charge in [0, 0.05) is 34.8 Å². The summed E-state index contributed by atoms with van der Waals surface area (Å²) in [7, 11) is 0. The van der Waals surface area contributed by atoms with Crippen LogP contribution in [0.15, 0.2) is 66.9 Å². The molecule has 3 aromatic carbocycles. The molecule has 1 aromatic heterocycles. The van der Waals surface area contributed by atoms with Gasteiger partial charge < -0.3 is 15.8 Å². The normalized spacial score (nSPS) is 11.0. The van der Waals surface area contributed by atoms with E-state index in [4.69, 9.17) is 10.5 Å². The van der Waals surface area contributed by atoms with E-state index in [0.717, 1.165) is 33.2 Å². The average Bonchev–Trinajstić information content (AvgIpc) is 2.77. The summed E-state index contributed by atoms with van der Waals surface area (Å²) in [4.78, 5) is 20.9. The minimum Gasteiger partial charge on any atom is -0.488 e. The van der Waals surface area contributed by atoms with Gasteiger partial charge in [-0.2, -0.15) is 0 Å². The van der Waals surface area contributed by atoms with E-state index in [1.165, 1.54) is 0 Å². The third kappa shape index (κ3) is 4.70. The van der Waals surface area contributed by atoms with Gasteiger partial charge in [-0.25, -0.2) is 9.97 Å². The van der Waals surface area contributed by atoms with Crippen LogP contribution in [0.25, 0.3) is 22.0 Å². The molecule has 6 heteroatoms. The van der Waals surface area contributed by atoms with Gasteiger partial charge in [0.2, 0.25) is 11.9 Å². The Morgan fingerprint density at radius 3 is 2.56 bits per heavy atom. The Hall–Kier alpha value is -3.93. The van der Waals surface area contributed by atoms with Crippen molar-refractivity contribution in [3.8, 4) is 16.9 Å². The molecular weight excluding hydrogens is 400 g/mol. The lowest BCUT2D eigenvalue weighted by Crippen LogP contribution is -2.12. The van der Waals surface area contributed by atoms with Crippen LogP contribution in [0, 0.1) is 6.92 Å². The molecule has 0 atom stereocenters. The van der Waals surface area contributed by atoms with Crippen LogP contribution in [0.4, 0.5) is 5.95 Å². The lowest BCUT2D eigenvalue weighted by molar-refractivity contribution is 0.100. The number of primary amides is 1. The first kappa shape index (κ1) is 21.3. The number of rotatable bonds is 7. The number of anilines is 1. The molecule has 0 bridgehead atoms. The number of nitrogens with two attached hydrogens (primary N) is 1. The van der Waals surface area contributed by atoms with Crippen molar-refractivity contribution in [2.24, 2.45) is 5.73 Å². The van der Waals surface area contributed by atoms with Crippen molar-refractivity contribution in [1.82, 2.24) is 9.97 Å². The Morgan fingerprint density at radius 1 is 1.06 bits per heavy atom. The summed E-state index contributed by atoms with van der Waals surface area (Å²) in [6, 6.07) is 19.6. The number of benzene rings is 3. The second-order valence-corrected chi connectivity index (χ2v) is 8.07. The van der Waals surface area contributed by atoms with Gasteiger partial charge in [0.1, 0.15) is 12.4 Å². The second-order valence-electron chi connectivity index (χ2n) is 8.07. The first-order valence-corrected chi connectivity index (χ1v) is 10.6. The van der Waals surface area contributed by atoms with Crippen molar-refractivity contribution >= 4 is 22.8 Å². The molecule has 0 radical (unpaired) electrons. The summed E-state index contributed by atoms with van der Waals surface area (Å²) in [6.45, 7) is 6.49. The molecule has 6 nitrogen and oxygen atoms in total. The highest BCUT2D eigenvalue weighted by Gasteiger charge is 2.15. The van der Waals surface area contributed by atoms with Crippen LogP contribution in [0.3, 0.4) is 0 Å². The van der Waals surface area contributed by atoms with Crippen molar-refractivity contribution < 1.29 is 9.53 Å². The first-order chi connectivity index (χ1) is 15.4. The van der Waals surface area contributed by atoms with Gasteiger partial charge in [-0.05, 0) is 55.7 Å². The molecule has 0 aliphatic heterocycles. The monoisotopic (exact) mass is 426 g/mol. The molecule has 0 fully saturated rings. The van der Waals surface area contributed by atoms with E-state index in [2.05, 4.69) is 15.3 Å². The van der Waals surface area contributed by atoms with Crippen molar-refractivity contribution in [2.75, 3.05) is 5.32 Å². The minimum absolute atomic E-state index is 0.222. The molecule has 0 saturated heterocycles. The SMILES string of the molecule is Cc1ccc(C(N)=O)cc1-c1cc2cnc(NC(C)C)nc2cc1OCc1ccccc1. The van der Waals surface area contributed by atoms with E-state index in [1.54, 1.807) is 12.3 Å². The highest BCUT2D eigenvalue weighted by molar-refractivity contribution is 5.96. The number of nitrogens with one attached hydrogen (secondary N) is 1. The molecule has 1 heterocycles. The quantitative estimate of drug-likeness (QED) is 0.429. The summed E-state index contributed by atoms with van der Waals surface area (Å²) >= 11 is 0. The molecule has 4 rings (SSSR count). The molecular formula is C26H26N4O2. The van der Waals surface area contributed by atoms with Crippen molar-refractivity contribution in [3.05, 3.63) is 83.6 Å². The topological polar surface area (TPSA) is 90.1 Å². The number of carbonyl (C=O) groups is 1. The van der Waals surface area contributed by atoms with Gasteiger partial charge in [0.15, 0.2) is 0 Å². The highest BCUT2D eigenvalue weighted by Crippen LogP contribution is 2.36. The fourth-order valence-electron chi connectivity index (χ4n) is 3.52. The van der Waals surface area contributed by atoms with Crippen LogP contribution in [0.1, 0.15) is 35.3 Å². The van der Waals surface area contributed by atoms with Crippen LogP contribution in [0.5, 0.6) is 5.75 Å². The summed E-state index contributed by atoms with van der Waals surface area (Å²) in [5.74, 6) is 0.785. The van der Waals surface area contributed by atoms with E-state index in [0.29, 0.717) is 23.9 Å². The van der Waals surface area contributed by atoms with Crippen LogP contribution in [-0.2, 0) is 6.61 Å². The summed E-state index contributed by atoms with van der Waals surface area (Å²) in [5.41, 5.74) is 10.6. The lowest BCUT2D eigenvalue weighted by atomic mass is 9.96. The number of amides is 1. The van der Waals surface area contributed by atoms with Crippen LogP contribution >= 0.6 is 0 Å². The predicted molar refractivity (Wildman–Crippen MR) is 128 cm³/mol. The number of aromatic nitrogens is 2. The highest BCUT2D eigenvalue weighted by atomic mass is 16.5. The van der Waals surface area contributed by atoms with Gasteiger partial charge in [0.05, 0.1) is 5.52 Å². The largest absolute Gasteiger partial charge is 0.488 e. The molecule has 162 valence electrons. The van der Waals surface area contributed by atoms with E-state index in [9.17, 15) is 4.79 Å². The zero-order valence-corrected chi connectivity index (χ0v) is 18.4. The Morgan fingerprint density at radius 2 is 1.84 bits per heavy atom. The Bertz CT molecular complexity index is 1270. The maximum atomic E-state index is 11.8. The summed E-state index contributed by atoms with van der Waals surface area (Å²) < 4.78 is 6.27. The molecule has 0 unspecified atom stereocenters. The number of nitrogens with zero attached hydrogens (tertiary/aromatic N) is 2. The second kappa shape index (κ2) is 9.06. The molecule has 0 saturated carbocycles. The Kier molecular flexibility index (Phi) is 6.03. The molecule has 4 aromatic rings. The average molecular weight is 427 g/mol. The maximum absolute atomic E-state index is 11.8. The minimum atomic E-state index is -0.466. The fourth-order valence-corrected chi connectivity index (χ4v) is 3.52. The number of hydrogen-bond donors (Lipinski definition) is 2. The maximum Gasteiger partial charge on any atom is 0.248 e. The zero-order valence-electron chi connectivity index (χ0n) is 18.4. The third-order valence-corrected chi connectivity index (χ3v) is 5.15. The van der Waals surface area contributed by atoms with E-state index in [-0.39, 0.29) is 6.04 Å². The number of ether oxygens (including phenoxy) is 1. The number of hydrogen-bond acceptors (Lipinski definition) is 5. The lowest BCUT2D eigenvalue weighted by Gasteiger charge is -2.16. The van der Waals surface area contributed by atoms with Crippen LogP contribution in [-0.4, -0.2) is 21.9 Å². The van der Waals surface area contributed by atoms with Crippen molar-refractivity contribution in [2.45, 2.75) is 33.4 Å². The summed E-state index contributed by atoms with van der Waals surface area (Å²) in [5, 5.41) is 4.11. The van der Waals surface area contributed by atoms with Crippen LogP contribution in [0.2, 0.25) is 0 Å². The van der Waals surface area contributed by atoms with Gasteiger partial charge >= 0.3 is 0 Å². The van der Waals surface area contributed by atoms with Crippen molar-refractivity contribution in [3.63, 3.8) is 0 Å². The zero-order chi connectivity index (χ0) is 22.7. The van der Waals surface area contributed by atoms with Gasteiger partial charge in [0.25, 0.3) is 0 Å².